The highest BCUT2D eigenvalue weighted by atomic mass is 35.5. The lowest BCUT2D eigenvalue weighted by atomic mass is 10.1. The summed E-state index contributed by atoms with van der Waals surface area (Å²) in [5, 5.41) is 3.13. The maximum Gasteiger partial charge on any atom is 0.258 e. The van der Waals surface area contributed by atoms with E-state index >= 15 is 0 Å². The third-order valence-electron chi connectivity index (χ3n) is 3.91. The number of pyridine rings is 1. The van der Waals surface area contributed by atoms with Crippen LogP contribution in [0.3, 0.4) is 0 Å². The number of carbonyl (C=O) groups is 2. The van der Waals surface area contributed by atoms with E-state index < -0.39 is 0 Å². The van der Waals surface area contributed by atoms with Gasteiger partial charge in [-0.15, -0.1) is 0 Å². The molecule has 1 aromatic carbocycles. The quantitative estimate of drug-likeness (QED) is 0.815. The molecule has 2 heterocycles. The first kappa shape index (κ1) is 16.7. The van der Waals surface area contributed by atoms with Crippen molar-refractivity contribution in [2.45, 2.75) is 12.8 Å². The molecule has 3 rings (SSSR count). The van der Waals surface area contributed by atoms with E-state index in [0.29, 0.717) is 26.5 Å². The summed E-state index contributed by atoms with van der Waals surface area (Å²) in [5.41, 5.74) is 1.27. The number of amides is 2. The van der Waals surface area contributed by atoms with Crippen LogP contribution >= 0.6 is 23.8 Å². The molecule has 0 saturated carbocycles. The van der Waals surface area contributed by atoms with Crippen molar-refractivity contribution < 1.29 is 9.59 Å². The van der Waals surface area contributed by atoms with Crippen LogP contribution in [0.2, 0.25) is 5.02 Å². The molecule has 124 valence electrons. The Hall–Kier alpha value is -2.18. The van der Waals surface area contributed by atoms with E-state index in [4.69, 9.17) is 23.8 Å². The molecule has 1 aliphatic rings. The molecular formula is C17H16ClN3O2S. The SMILES string of the molecule is O=C(Nc1ccc(Cl)c(C(=O)N2CCCC2)c1)c1ccc[nH]c1=S. The largest absolute Gasteiger partial charge is 0.352 e. The molecule has 0 atom stereocenters. The van der Waals surface area contributed by atoms with Crippen molar-refractivity contribution in [2.75, 3.05) is 18.4 Å². The van der Waals surface area contributed by atoms with Crippen molar-refractivity contribution in [3.8, 4) is 0 Å². The zero-order valence-electron chi connectivity index (χ0n) is 12.8. The van der Waals surface area contributed by atoms with Gasteiger partial charge in [0.1, 0.15) is 4.64 Å². The number of benzene rings is 1. The summed E-state index contributed by atoms with van der Waals surface area (Å²) in [5.74, 6) is -0.440. The molecule has 0 radical (unpaired) electrons. The Bertz CT molecular complexity index is 844. The smallest absolute Gasteiger partial charge is 0.258 e. The number of H-pyrrole nitrogens is 1. The molecule has 1 saturated heterocycles. The number of anilines is 1. The van der Waals surface area contributed by atoms with Crippen LogP contribution in [-0.2, 0) is 0 Å². The first-order valence-electron chi connectivity index (χ1n) is 7.64. The molecule has 5 nitrogen and oxygen atoms in total. The second-order valence-electron chi connectivity index (χ2n) is 5.56. The number of aromatic nitrogens is 1. The number of nitrogens with zero attached hydrogens (tertiary/aromatic N) is 1. The average molecular weight is 362 g/mol. The minimum atomic E-state index is -0.334. The molecule has 2 amide bonds. The maximum absolute atomic E-state index is 12.5. The zero-order chi connectivity index (χ0) is 17.1. The van der Waals surface area contributed by atoms with Crippen LogP contribution in [0.15, 0.2) is 36.5 Å². The lowest BCUT2D eigenvalue weighted by Gasteiger charge is -2.17. The number of halogens is 1. The predicted molar refractivity (Wildman–Crippen MR) is 96.2 cm³/mol. The molecule has 0 spiro atoms. The highest BCUT2D eigenvalue weighted by molar-refractivity contribution is 7.71. The minimum Gasteiger partial charge on any atom is -0.352 e. The van der Waals surface area contributed by atoms with Gasteiger partial charge in [0.25, 0.3) is 11.8 Å². The number of hydrogen-bond donors (Lipinski definition) is 2. The van der Waals surface area contributed by atoms with Crippen molar-refractivity contribution in [3.63, 3.8) is 0 Å². The van der Waals surface area contributed by atoms with Crippen LogP contribution in [0.25, 0.3) is 0 Å². The van der Waals surface area contributed by atoms with Gasteiger partial charge in [0.05, 0.1) is 16.1 Å². The molecule has 1 aliphatic heterocycles. The van der Waals surface area contributed by atoms with Crippen LogP contribution in [0.1, 0.15) is 33.6 Å². The van der Waals surface area contributed by atoms with Gasteiger partial charge in [-0.25, -0.2) is 0 Å². The van der Waals surface area contributed by atoms with Crippen LogP contribution < -0.4 is 5.32 Å². The summed E-state index contributed by atoms with van der Waals surface area (Å²) in [7, 11) is 0. The second-order valence-corrected chi connectivity index (χ2v) is 6.38. The van der Waals surface area contributed by atoms with E-state index in [9.17, 15) is 9.59 Å². The first-order valence-corrected chi connectivity index (χ1v) is 8.43. The third kappa shape index (κ3) is 3.49. The summed E-state index contributed by atoms with van der Waals surface area (Å²) in [6, 6.07) is 8.23. The van der Waals surface area contributed by atoms with Gasteiger partial charge in [-0.1, -0.05) is 23.8 Å². The monoisotopic (exact) mass is 361 g/mol. The molecular weight excluding hydrogens is 346 g/mol. The second kappa shape index (κ2) is 7.15. The Labute approximate surface area is 149 Å². The Morgan fingerprint density at radius 2 is 1.92 bits per heavy atom. The normalized spacial score (nSPS) is 13.8. The van der Waals surface area contributed by atoms with Gasteiger partial charge in [0, 0.05) is 25.0 Å². The summed E-state index contributed by atoms with van der Waals surface area (Å²) < 4.78 is 0.359. The summed E-state index contributed by atoms with van der Waals surface area (Å²) >= 11 is 11.3. The van der Waals surface area contributed by atoms with Crippen LogP contribution in [0, 0.1) is 4.64 Å². The molecule has 0 unspecified atom stereocenters. The van der Waals surface area contributed by atoms with Gasteiger partial charge in [-0.2, -0.15) is 0 Å². The van der Waals surface area contributed by atoms with Gasteiger partial charge < -0.3 is 15.2 Å². The lowest BCUT2D eigenvalue weighted by Crippen LogP contribution is -2.28. The number of aromatic amines is 1. The van der Waals surface area contributed by atoms with Gasteiger partial charge in [0.15, 0.2) is 0 Å². The van der Waals surface area contributed by atoms with Crippen molar-refractivity contribution >= 4 is 41.3 Å². The lowest BCUT2D eigenvalue weighted by molar-refractivity contribution is 0.0792. The van der Waals surface area contributed by atoms with Crippen molar-refractivity contribution in [2.24, 2.45) is 0 Å². The fourth-order valence-electron chi connectivity index (χ4n) is 2.66. The number of likely N-dealkylation sites (tertiary alicyclic amines) is 1. The van der Waals surface area contributed by atoms with E-state index in [0.717, 1.165) is 25.9 Å². The van der Waals surface area contributed by atoms with Crippen molar-refractivity contribution in [1.82, 2.24) is 9.88 Å². The fraction of sp³-hybridized carbons (Fsp3) is 0.235. The molecule has 0 aliphatic carbocycles. The predicted octanol–water partition coefficient (Wildman–Crippen LogP) is 3.89. The van der Waals surface area contributed by atoms with Gasteiger partial charge >= 0.3 is 0 Å². The van der Waals surface area contributed by atoms with Crippen LogP contribution in [0.5, 0.6) is 0 Å². The van der Waals surface area contributed by atoms with E-state index in [1.54, 1.807) is 41.4 Å². The Kier molecular flexibility index (Phi) is 4.97. The van der Waals surface area contributed by atoms with Gasteiger partial charge in [0.2, 0.25) is 0 Å². The Morgan fingerprint density at radius 3 is 2.62 bits per heavy atom. The van der Waals surface area contributed by atoms with E-state index in [1.165, 1.54) is 0 Å². The highest BCUT2D eigenvalue weighted by Gasteiger charge is 2.22. The molecule has 1 aromatic heterocycles. The Balaban J connectivity index is 1.83. The number of rotatable bonds is 3. The van der Waals surface area contributed by atoms with E-state index in [1.807, 2.05) is 0 Å². The highest BCUT2D eigenvalue weighted by Crippen LogP contribution is 2.24. The standard InChI is InChI=1S/C17H16ClN3O2S/c18-14-6-5-11(10-13(14)17(23)21-8-1-2-9-21)20-15(22)12-4-3-7-19-16(12)24/h3-7,10H,1-2,8-9H2,(H,19,24)(H,20,22). The average Bonchev–Trinajstić information content (AvgIpc) is 3.11. The first-order chi connectivity index (χ1) is 11.6. The number of nitrogens with one attached hydrogen (secondary N) is 2. The summed E-state index contributed by atoms with van der Waals surface area (Å²) in [6.07, 6.45) is 3.67. The Morgan fingerprint density at radius 1 is 1.17 bits per heavy atom. The molecule has 0 bridgehead atoms. The third-order valence-corrected chi connectivity index (χ3v) is 4.58. The van der Waals surface area contributed by atoms with E-state index in [-0.39, 0.29) is 11.8 Å². The van der Waals surface area contributed by atoms with Crippen LogP contribution in [0.4, 0.5) is 5.69 Å². The zero-order valence-corrected chi connectivity index (χ0v) is 14.4. The molecule has 24 heavy (non-hydrogen) atoms. The fourth-order valence-corrected chi connectivity index (χ4v) is 3.08. The minimum absolute atomic E-state index is 0.106. The van der Waals surface area contributed by atoms with Crippen molar-refractivity contribution in [3.05, 3.63) is 57.3 Å². The number of hydrogen-bond acceptors (Lipinski definition) is 3. The van der Waals surface area contributed by atoms with Gasteiger partial charge in [-0.05, 0) is 43.2 Å². The molecule has 2 aromatic rings. The summed E-state index contributed by atoms with van der Waals surface area (Å²) in [4.78, 5) is 29.5. The number of carbonyl (C=O) groups excluding carboxylic acids is 2. The molecule has 1 fully saturated rings. The van der Waals surface area contributed by atoms with Gasteiger partial charge in [-0.3, -0.25) is 9.59 Å². The molecule has 7 heteroatoms. The van der Waals surface area contributed by atoms with Crippen molar-refractivity contribution in [1.29, 1.82) is 0 Å². The van der Waals surface area contributed by atoms with E-state index in [2.05, 4.69) is 10.3 Å². The topological polar surface area (TPSA) is 65.2 Å². The summed E-state index contributed by atoms with van der Waals surface area (Å²) in [6.45, 7) is 1.48. The van der Waals surface area contributed by atoms with Crippen LogP contribution in [-0.4, -0.2) is 34.8 Å². The maximum atomic E-state index is 12.5. The molecule has 2 N–H and O–H groups in total.